The van der Waals surface area contributed by atoms with Gasteiger partial charge in [0.25, 0.3) is 5.91 Å². The molecule has 2 aliphatic rings. The number of ether oxygens (including phenoxy) is 1. The molecule has 0 unspecified atom stereocenters. The zero-order chi connectivity index (χ0) is 9.76. The van der Waals surface area contributed by atoms with Crippen LogP contribution in [0.5, 0.6) is 5.75 Å². The lowest BCUT2D eigenvalue weighted by molar-refractivity contribution is -0.125. The van der Waals surface area contributed by atoms with Gasteiger partial charge in [0.1, 0.15) is 0 Å². The van der Waals surface area contributed by atoms with Crippen LogP contribution in [0.3, 0.4) is 0 Å². The Kier molecular flexibility index (Phi) is 1.60. The standard InChI is InChI=1S/C10H8INO2/c11-6-2-1-3-7-8(6)14-10(4-5-10)9(13)12-7/h1-3H,4-5H2,(H,12,13). The highest BCUT2D eigenvalue weighted by Gasteiger charge is 2.55. The van der Waals surface area contributed by atoms with Gasteiger partial charge in [-0.1, -0.05) is 6.07 Å². The molecule has 72 valence electrons. The number of anilines is 1. The fraction of sp³-hybridized carbons (Fsp3) is 0.300. The fourth-order valence-electron chi connectivity index (χ4n) is 1.63. The Morgan fingerprint density at radius 1 is 1.43 bits per heavy atom. The van der Waals surface area contributed by atoms with Gasteiger partial charge in [-0.2, -0.15) is 0 Å². The highest BCUT2D eigenvalue weighted by molar-refractivity contribution is 14.1. The van der Waals surface area contributed by atoms with Crippen molar-refractivity contribution in [3.63, 3.8) is 0 Å². The van der Waals surface area contributed by atoms with E-state index < -0.39 is 5.60 Å². The number of para-hydroxylation sites is 1. The molecule has 1 fully saturated rings. The smallest absolute Gasteiger partial charge is 0.268 e. The first kappa shape index (κ1) is 8.52. The first-order valence-corrected chi connectivity index (χ1v) is 5.58. The number of hydrogen-bond acceptors (Lipinski definition) is 2. The van der Waals surface area contributed by atoms with Crippen molar-refractivity contribution in [2.45, 2.75) is 18.4 Å². The van der Waals surface area contributed by atoms with E-state index in [9.17, 15) is 4.79 Å². The SMILES string of the molecule is O=C1Nc2cccc(I)c2OC12CC2. The first-order chi connectivity index (χ1) is 6.71. The summed E-state index contributed by atoms with van der Waals surface area (Å²) in [4.78, 5) is 11.6. The lowest BCUT2D eigenvalue weighted by Crippen LogP contribution is -2.39. The van der Waals surface area contributed by atoms with Crippen LogP contribution in [0.4, 0.5) is 5.69 Å². The molecule has 1 N–H and O–H groups in total. The second kappa shape index (κ2) is 2.62. The highest BCUT2D eigenvalue weighted by atomic mass is 127. The normalized spacial score (nSPS) is 21.1. The van der Waals surface area contributed by atoms with E-state index in [1.807, 2.05) is 18.2 Å². The second-order valence-corrected chi connectivity index (χ2v) is 4.83. The van der Waals surface area contributed by atoms with E-state index in [1.165, 1.54) is 0 Å². The Balaban J connectivity index is 2.11. The second-order valence-electron chi connectivity index (χ2n) is 3.67. The van der Waals surface area contributed by atoms with Gasteiger partial charge in [0.2, 0.25) is 0 Å². The van der Waals surface area contributed by atoms with E-state index in [-0.39, 0.29) is 5.91 Å². The summed E-state index contributed by atoms with van der Waals surface area (Å²) in [6.45, 7) is 0. The first-order valence-electron chi connectivity index (χ1n) is 4.50. The number of carbonyl (C=O) groups is 1. The molecular weight excluding hydrogens is 293 g/mol. The number of amides is 1. The van der Waals surface area contributed by atoms with E-state index in [0.717, 1.165) is 27.8 Å². The predicted molar refractivity (Wildman–Crippen MR) is 60.4 cm³/mol. The van der Waals surface area contributed by atoms with Gasteiger partial charge in [0, 0.05) is 12.8 Å². The van der Waals surface area contributed by atoms with Crippen molar-refractivity contribution in [3.05, 3.63) is 21.8 Å². The van der Waals surface area contributed by atoms with Gasteiger partial charge in [0.05, 0.1) is 9.26 Å². The average molecular weight is 301 g/mol. The molecule has 0 atom stereocenters. The molecule has 1 saturated carbocycles. The van der Waals surface area contributed by atoms with E-state index >= 15 is 0 Å². The number of halogens is 1. The maximum absolute atomic E-state index is 11.6. The van der Waals surface area contributed by atoms with Gasteiger partial charge >= 0.3 is 0 Å². The molecule has 3 nitrogen and oxygen atoms in total. The molecule has 1 spiro atoms. The zero-order valence-electron chi connectivity index (χ0n) is 7.34. The van der Waals surface area contributed by atoms with Crippen molar-refractivity contribution < 1.29 is 9.53 Å². The molecule has 4 heteroatoms. The molecule has 1 amide bonds. The van der Waals surface area contributed by atoms with Crippen LogP contribution in [0.1, 0.15) is 12.8 Å². The predicted octanol–water partition coefficient (Wildman–Crippen LogP) is 2.15. The third-order valence-corrected chi connectivity index (χ3v) is 3.48. The molecule has 1 aliphatic carbocycles. The number of rotatable bonds is 0. The van der Waals surface area contributed by atoms with Crippen molar-refractivity contribution in [2.75, 3.05) is 5.32 Å². The summed E-state index contributed by atoms with van der Waals surface area (Å²) in [6.07, 6.45) is 1.67. The zero-order valence-corrected chi connectivity index (χ0v) is 9.50. The third kappa shape index (κ3) is 1.06. The van der Waals surface area contributed by atoms with E-state index in [2.05, 4.69) is 27.9 Å². The van der Waals surface area contributed by atoms with Crippen molar-refractivity contribution in [1.29, 1.82) is 0 Å². The molecule has 0 bridgehead atoms. The maximum atomic E-state index is 11.6. The minimum atomic E-state index is -0.533. The summed E-state index contributed by atoms with van der Waals surface area (Å²) >= 11 is 2.22. The van der Waals surface area contributed by atoms with Gasteiger partial charge in [-0.05, 0) is 34.7 Å². The number of benzene rings is 1. The van der Waals surface area contributed by atoms with Gasteiger partial charge in [-0.3, -0.25) is 4.79 Å². The van der Waals surface area contributed by atoms with Crippen LogP contribution in [0.25, 0.3) is 0 Å². The van der Waals surface area contributed by atoms with Gasteiger partial charge in [0.15, 0.2) is 11.4 Å². The molecule has 1 aromatic carbocycles. The van der Waals surface area contributed by atoms with Crippen LogP contribution in [-0.4, -0.2) is 11.5 Å². The Labute approximate surface area is 95.0 Å². The number of carbonyl (C=O) groups excluding carboxylic acids is 1. The van der Waals surface area contributed by atoms with Gasteiger partial charge in [-0.15, -0.1) is 0 Å². The molecule has 1 aromatic rings. The van der Waals surface area contributed by atoms with Crippen LogP contribution >= 0.6 is 22.6 Å². The molecule has 0 saturated heterocycles. The van der Waals surface area contributed by atoms with E-state index in [1.54, 1.807) is 0 Å². The fourth-order valence-corrected chi connectivity index (χ4v) is 2.24. The van der Waals surface area contributed by atoms with Gasteiger partial charge < -0.3 is 10.1 Å². The quantitative estimate of drug-likeness (QED) is 0.746. The average Bonchev–Trinajstić information content (AvgIpc) is 2.91. The highest BCUT2D eigenvalue weighted by Crippen LogP contribution is 2.47. The van der Waals surface area contributed by atoms with Crippen LogP contribution in [0.15, 0.2) is 18.2 Å². The summed E-state index contributed by atoms with van der Waals surface area (Å²) in [7, 11) is 0. The Bertz CT molecular complexity index is 426. The van der Waals surface area contributed by atoms with Crippen LogP contribution in [0.2, 0.25) is 0 Å². The lowest BCUT2D eigenvalue weighted by Gasteiger charge is -2.26. The molecule has 1 heterocycles. The molecule has 14 heavy (non-hydrogen) atoms. The maximum Gasteiger partial charge on any atom is 0.268 e. The van der Waals surface area contributed by atoms with Crippen LogP contribution in [0, 0.1) is 3.57 Å². The Morgan fingerprint density at radius 2 is 2.21 bits per heavy atom. The van der Waals surface area contributed by atoms with Gasteiger partial charge in [-0.25, -0.2) is 0 Å². The lowest BCUT2D eigenvalue weighted by atomic mass is 10.2. The summed E-state index contributed by atoms with van der Waals surface area (Å²) in [6, 6.07) is 5.76. The Morgan fingerprint density at radius 3 is 2.93 bits per heavy atom. The van der Waals surface area contributed by atoms with E-state index in [4.69, 9.17) is 4.74 Å². The topological polar surface area (TPSA) is 38.3 Å². The monoisotopic (exact) mass is 301 g/mol. The summed E-state index contributed by atoms with van der Waals surface area (Å²) < 4.78 is 6.80. The molecule has 0 aromatic heterocycles. The number of fused-ring (bicyclic) bond motifs is 1. The Hall–Kier alpha value is -0.780. The molecule has 1 aliphatic heterocycles. The van der Waals surface area contributed by atoms with Crippen molar-refractivity contribution >= 4 is 34.2 Å². The van der Waals surface area contributed by atoms with Crippen molar-refractivity contribution in [1.82, 2.24) is 0 Å². The largest absolute Gasteiger partial charge is 0.474 e. The number of nitrogens with one attached hydrogen (secondary N) is 1. The number of hydrogen-bond donors (Lipinski definition) is 1. The summed E-state index contributed by atoms with van der Waals surface area (Å²) in [5.41, 5.74) is 0.258. The minimum absolute atomic E-state index is 0.00648. The molecule has 3 rings (SSSR count). The van der Waals surface area contributed by atoms with Crippen LogP contribution in [-0.2, 0) is 4.79 Å². The summed E-state index contributed by atoms with van der Waals surface area (Å²) in [5, 5.41) is 2.88. The minimum Gasteiger partial charge on any atom is -0.474 e. The molecule has 0 radical (unpaired) electrons. The van der Waals surface area contributed by atoms with Crippen molar-refractivity contribution in [2.24, 2.45) is 0 Å². The van der Waals surface area contributed by atoms with E-state index in [0.29, 0.717) is 0 Å². The summed E-state index contributed by atoms with van der Waals surface area (Å²) in [5.74, 6) is 0.831. The molecular formula is C10H8INO2. The van der Waals surface area contributed by atoms with Crippen LogP contribution < -0.4 is 10.1 Å². The third-order valence-electron chi connectivity index (χ3n) is 2.63. The van der Waals surface area contributed by atoms with Crippen molar-refractivity contribution in [3.8, 4) is 5.75 Å².